The summed E-state index contributed by atoms with van der Waals surface area (Å²) in [5.41, 5.74) is 6.73. The van der Waals surface area contributed by atoms with Crippen molar-refractivity contribution in [1.29, 1.82) is 0 Å². The number of anilines is 1. The van der Waals surface area contributed by atoms with Crippen molar-refractivity contribution in [2.75, 3.05) is 31.7 Å². The fourth-order valence-corrected chi connectivity index (χ4v) is 2.36. The Labute approximate surface area is 123 Å². The summed E-state index contributed by atoms with van der Waals surface area (Å²) < 4.78 is 10.2. The standard InChI is InChI=1S/C14H19N5O2/c1-20-7-5-12-17-14(21-18-12)10-2-3-13(16-8-10)19-6-4-11(15)9-19/h2-3,8,11H,4-7,9,15H2,1H3. The third-order valence-electron chi connectivity index (χ3n) is 3.54. The number of hydrogen-bond acceptors (Lipinski definition) is 7. The second kappa shape index (κ2) is 6.19. The van der Waals surface area contributed by atoms with E-state index in [2.05, 4.69) is 20.0 Å². The van der Waals surface area contributed by atoms with Gasteiger partial charge in [0.05, 0.1) is 12.2 Å². The highest BCUT2D eigenvalue weighted by Crippen LogP contribution is 2.21. The van der Waals surface area contributed by atoms with E-state index in [0.717, 1.165) is 30.9 Å². The molecule has 0 amide bonds. The van der Waals surface area contributed by atoms with Crippen LogP contribution in [0.5, 0.6) is 0 Å². The third kappa shape index (κ3) is 3.20. The summed E-state index contributed by atoms with van der Waals surface area (Å²) in [7, 11) is 1.65. The van der Waals surface area contributed by atoms with E-state index in [1.807, 2.05) is 12.1 Å². The van der Waals surface area contributed by atoms with E-state index in [1.165, 1.54) is 0 Å². The van der Waals surface area contributed by atoms with E-state index in [0.29, 0.717) is 24.7 Å². The predicted octanol–water partition coefficient (Wildman–Crippen LogP) is 0.858. The van der Waals surface area contributed by atoms with Crippen molar-refractivity contribution in [3.63, 3.8) is 0 Å². The summed E-state index contributed by atoms with van der Waals surface area (Å²) in [6.45, 7) is 2.38. The maximum atomic E-state index is 5.91. The average molecular weight is 289 g/mol. The maximum absolute atomic E-state index is 5.91. The van der Waals surface area contributed by atoms with Gasteiger partial charge < -0.3 is 19.9 Å². The molecule has 0 aromatic carbocycles. The predicted molar refractivity (Wildman–Crippen MR) is 77.9 cm³/mol. The molecule has 3 heterocycles. The maximum Gasteiger partial charge on any atom is 0.259 e. The molecule has 0 aliphatic carbocycles. The average Bonchev–Trinajstić information content (AvgIpc) is 3.14. The first-order chi connectivity index (χ1) is 10.3. The largest absolute Gasteiger partial charge is 0.384 e. The molecule has 1 fully saturated rings. The van der Waals surface area contributed by atoms with Gasteiger partial charge in [0.25, 0.3) is 5.89 Å². The Balaban J connectivity index is 1.70. The van der Waals surface area contributed by atoms with Gasteiger partial charge in [-0.25, -0.2) is 4.98 Å². The van der Waals surface area contributed by atoms with Crippen molar-refractivity contribution in [2.45, 2.75) is 18.9 Å². The molecule has 1 atom stereocenters. The molecule has 2 aromatic rings. The van der Waals surface area contributed by atoms with Crippen molar-refractivity contribution < 1.29 is 9.26 Å². The monoisotopic (exact) mass is 289 g/mol. The lowest BCUT2D eigenvalue weighted by molar-refractivity contribution is 0.199. The van der Waals surface area contributed by atoms with Crippen molar-refractivity contribution >= 4 is 5.82 Å². The molecule has 0 spiro atoms. The number of rotatable bonds is 5. The number of aromatic nitrogens is 3. The van der Waals surface area contributed by atoms with Crippen LogP contribution in [0, 0.1) is 0 Å². The van der Waals surface area contributed by atoms with Gasteiger partial charge in [-0.3, -0.25) is 0 Å². The molecule has 0 radical (unpaired) electrons. The molecule has 1 unspecified atom stereocenters. The molecular weight excluding hydrogens is 270 g/mol. The van der Waals surface area contributed by atoms with E-state index in [1.54, 1.807) is 13.3 Å². The first-order valence-electron chi connectivity index (χ1n) is 7.05. The minimum Gasteiger partial charge on any atom is -0.384 e. The Hall–Kier alpha value is -1.99. The number of hydrogen-bond donors (Lipinski definition) is 1. The molecule has 7 nitrogen and oxygen atoms in total. The van der Waals surface area contributed by atoms with Crippen LogP contribution in [0.15, 0.2) is 22.9 Å². The fourth-order valence-electron chi connectivity index (χ4n) is 2.36. The van der Waals surface area contributed by atoms with Gasteiger partial charge in [0, 0.05) is 38.9 Å². The van der Waals surface area contributed by atoms with E-state index < -0.39 is 0 Å². The minimum atomic E-state index is 0.241. The summed E-state index contributed by atoms with van der Waals surface area (Å²) in [4.78, 5) is 11.0. The minimum absolute atomic E-state index is 0.241. The number of methoxy groups -OCH3 is 1. The zero-order valence-corrected chi connectivity index (χ0v) is 12.0. The molecule has 1 aliphatic rings. The summed E-state index contributed by atoms with van der Waals surface area (Å²) in [5.74, 6) is 2.06. The summed E-state index contributed by atoms with van der Waals surface area (Å²) >= 11 is 0. The Morgan fingerprint density at radius 2 is 2.38 bits per heavy atom. The smallest absolute Gasteiger partial charge is 0.259 e. The van der Waals surface area contributed by atoms with Gasteiger partial charge in [-0.1, -0.05) is 5.16 Å². The van der Waals surface area contributed by atoms with Crippen LogP contribution in [0.25, 0.3) is 11.5 Å². The molecule has 0 bridgehead atoms. The Bertz CT molecular complexity index is 583. The van der Waals surface area contributed by atoms with E-state index >= 15 is 0 Å². The lowest BCUT2D eigenvalue weighted by atomic mass is 10.3. The molecule has 3 rings (SSSR count). The highest BCUT2D eigenvalue weighted by Gasteiger charge is 2.20. The topological polar surface area (TPSA) is 90.3 Å². The third-order valence-corrected chi connectivity index (χ3v) is 3.54. The van der Waals surface area contributed by atoms with Crippen LogP contribution in [0.2, 0.25) is 0 Å². The molecule has 1 saturated heterocycles. The van der Waals surface area contributed by atoms with E-state index in [4.69, 9.17) is 15.0 Å². The van der Waals surface area contributed by atoms with E-state index in [9.17, 15) is 0 Å². The molecule has 1 aliphatic heterocycles. The quantitative estimate of drug-likeness (QED) is 0.872. The molecular formula is C14H19N5O2. The Morgan fingerprint density at radius 3 is 3.05 bits per heavy atom. The summed E-state index contributed by atoms with van der Waals surface area (Å²) in [6.07, 6.45) is 3.40. The molecule has 0 saturated carbocycles. The van der Waals surface area contributed by atoms with Crippen LogP contribution in [-0.2, 0) is 11.2 Å². The van der Waals surface area contributed by atoms with Gasteiger partial charge in [0.2, 0.25) is 0 Å². The van der Waals surface area contributed by atoms with Crippen LogP contribution in [0.4, 0.5) is 5.82 Å². The number of nitrogens with two attached hydrogens (primary N) is 1. The number of nitrogens with zero attached hydrogens (tertiary/aromatic N) is 4. The van der Waals surface area contributed by atoms with Crippen molar-refractivity contribution in [1.82, 2.24) is 15.1 Å². The zero-order valence-electron chi connectivity index (χ0n) is 12.0. The SMILES string of the molecule is COCCc1noc(-c2ccc(N3CCC(N)C3)nc2)n1. The van der Waals surface area contributed by atoms with Gasteiger partial charge in [0.15, 0.2) is 5.82 Å². The lowest BCUT2D eigenvalue weighted by Gasteiger charge is -2.16. The number of pyridine rings is 1. The molecule has 2 N–H and O–H groups in total. The van der Waals surface area contributed by atoms with E-state index in [-0.39, 0.29) is 6.04 Å². The second-order valence-electron chi connectivity index (χ2n) is 5.16. The summed E-state index contributed by atoms with van der Waals surface area (Å²) in [6, 6.07) is 4.15. The van der Waals surface area contributed by atoms with Gasteiger partial charge in [-0.15, -0.1) is 0 Å². The van der Waals surface area contributed by atoms with Crippen molar-refractivity contribution in [3.8, 4) is 11.5 Å². The van der Waals surface area contributed by atoms with Gasteiger partial charge in [-0.2, -0.15) is 4.98 Å². The van der Waals surface area contributed by atoms with Crippen molar-refractivity contribution in [3.05, 3.63) is 24.2 Å². The van der Waals surface area contributed by atoms with Crippen LogP contribution >= 0.6 is 0 Å². The Morgan fingerprint density at radius 1 is 1.48 bits per heavy atom. The van der Waals surface area contributed by atoms with Gasteiger partial charge in [0.1, 0.15) is 5.82 Å². The van der Waals surface area contributed by atoms with Crippen molar-refractivity contribution in [2.24, 2.45) is 5.73 Å². The first-order valence-corrected chi connectivity index (χ1v) is 7.05. The summed E-state index contributed by atoms with van der Waals surface area (Å²) in [5, 5.41) is 3.92. The second-order valence-corrected chi connectivity index (χ2v) is 5.16. The Kier molecular flexibility index (Phi) is 4.12. The van der Waals surface area contributed by atoms with Crippen LogP contribution in [0.3, 0.4) is 0 Å². The van der Waals surface area contributed by atoms with Crippen LogP contribution in [-0.4, -0.2) is 48.0 Å². The highest BCUT2D eigenvalue weighted by molar-refractivity contribution is 5.55. The van der Waals surface area contributed by atoms with Crippen LogP contribution in [0.1, 0.15) is 12.2 Å². The number of ether oxygens (including phenoxy) is 1. The normalized spacial score (nSPS) is 18.4. The van der Waals surface area contributed by atoms with Crippen LogP contribution < -0.4 is 10.6 Å². The lowest BCUT2D eigenvalue weighted by Crippen LogP contribution is -2.26. The molecule has 21 heavy (non-hydrogen) atoms. The molecule has 2 aromatic heterocycles. The molecule has 112 valence electrons. The fraction of sp³-hybridized carbons (Fsp3) is 0.500. The zero-order chi connectivity index (χ0) is 14.7. The molecule has 7 heteroatoms. The first kappa shape index (κ1) is 14.0. The highest BCUT2D eigenvalue weighted by atomic mass is 16.5. The van der Waals surface area contributed by atoms with Gasteiger partial charge >= 0.3 is 0 Å². The van der Waals surface area contributed by atoms with Gasteiger partial charge in [-0.05, 0) is 18.6 Å².